The van der Waals surface area contributed by atoms with Crippen LogP contribution < -0.4 is 0 Å². The number of rotatable bonds is 4. The third kappa shape index (κ3) is 12.5. The third-order valence-corrected chi connectivity index (χ3v) is 1.23. The van der Waals surface area contributed by atoms with Crippen LogP contribution in [0.5, 0.6) is 0 Å². The Balaban J connectivity index is 0.000000385. The molecule has 0 aromatic carbocycles. The van der Waals surface area contributed by atoms with E-state index < -0.39 is 7.25 Å². The molecule has 0 saturated heterocycles. The van der Waals surface area contributed by atoms with E-state index in [0.717, 1.165) is 13.2 Å². The lowest BCUT2D eigenvalue weighted by atomic mass is 10.3. The van der Waals surface area contributed by atoms with Crippen LogP contribution in [-0.4, -0.2) is 23.4 Å². The standard InChI is InChI=1S/C8H12N2O.BF4/c1-2-11-7-3-5-10-6-4-9-8-10;2-1(3,4)5/h3-4,6-8H,2,5H2,1H3;/q;-1. The van der Waals surface area contributed by atoms with Gasteiger partial charge in [-0.15, -0.1) is 0 Å². The molecule has 92 valence electrons. The SMILES string of the molecule is CCOC=CCn1ccnc1.F[B-](F)(F)F. The quantitative estimate of drug-likeness (QED) is 0.458. The summed E-state index contributed by atoms with van der Waals surface area (Å²) in [6, 6.07) is 0. The van der Waals surface area contributed by atoms with Gasteiger partial charge in [-0.05, 0) is 13.0 Å². The van der Waals surface area contributed by atoms with Gasteiger partial charge in [-0.2, -0.15) is 0 Å². The Morgan fingerprint density at radius 2 is 2.00 bits per heavy atom. The molecule has 0 saturated carbocycles. The van der Waals surface area contributed by atoms with Crippen LogP contribution in [0.2, 0.25) is 0 Å². The van der Waals surface area contributed by atoms with Crippen LogP contribution in [0.3, 0.4) is 0 Å². The Morgan fingerprint density at radius 1 is 1.38 bits per heavy atom. The van der Waals surface area contributed by atoms with E-state index >= 15 is 0 Å². The predicted molar refractivity (Wildman–Crippen MR) is 53.2 cm³/mol. The summed E-state index contributed by atoms with van der Waals surface area (Å²) in [6.45, 7) is 3.50. The molecule has 0 fully saturated rings. The number of ether oxygens (including phenoxy) is 1. The molecule has 8 heteroatoms. The van der Waals surface area contributed by atoms with Gasteiger partial charge in [0, 0.05) is 18.9 Å². The Morgan fingerprint density at radius 3 is 2.44 bits per heavy atom. The normalized spacial score (nSPS) is 11.1. The van der Waals surface area contributed by atoms with Crippen molar-refractivity contribution in [1.82, 2.24) is 9.55 Å². The first-order chi connectivity index (χ1) is 7.43. The number of hydrogen-bond acceptors (Lipinski definition) is 2. The molecule has 1 aromatic heterocycles. The molecule has 0 unspecified atom stereocenters. The summed E-state index contributed by atoms with van der Waals surface area (Å²) in [4.78, 5) is 3.91. The molecule has 3 nitrogen and oxygen atoms in total. The van der Waals surface area contributed by atoms with Crippen molar-refractivity contribution in [3.63, 3.8) is 0 Å². The van der Waals surface area contributed by atoms with Crippen molar-refractivity contribution in [2.75, 3.05) is 6.61 Å². The van der Waals surface area contributed by atoms with Crippen LogP contribution >= 0.6 is 0 Å². The fraction of sp³-hybridized carbons (Fsp3) is 0.375. The molecule has 0 amide bonds. The van der Waals surface area contributed by atoms with Crippen LogP contribution in [0.4, 0.5) is 17.3 Å². The van der Waals surface area contributed by atoms with E-state index in [0.29, 0.717) is 0 Å². The van der Waals surface area contributed by atoms with Crippen molar-refractivity contribution in [3.05, 3.63) is 31.1 Å². The molecule has 16 heavy (non-hydrogen) atoms. The average Bonchev–Trinajstić information content (AvgIpc) is 2.62. The van der Waals surface area contributed by atoms with E-state index in [1.807, 2.05) is 23.8 Å². The molecular weight excluding hydrogens is 227 g/mol. The van der Waals surface area contributed by atoms with E-state index in [4.69, 9.17) is 4.74 Å². The first-order valence-corrected chi connectivity index (χ1v) is 4.53. The maximum absolute atomic E-state index is 9.75. The minimum atomic E-state index is -6.00. The molecule has 0 spiro atoms. The molecular formula is C8H12BF4N2O-. The lowest BCUT2D eigenvalue weighted by Gasteiger charge is -1.94. The summed E-state index contributed by atoms with van der Waals surface area (Å²) >= 11 is 0. The van der Waals surface area contributed by atoms with E-state index in [1.165, 1.54) is 0 Å². The number of aromatic nitrogens is 2. The topological polar surface area (TPSA) is 27.1 Å². The van der Waals surface area contributed by atoms with Crippen molar-refractivity contribution < 1.29 is 22.0 Å². The van der Waals surface area contributed by atoms with Crippen molar-refractivity contribution >= 4 is 7.25 Å². The van der Waals surface area contributed by atoms with Gasteiger partial charge in [-0.1, -0.05) is 0 Å². The fourth-order valence-corrected chi connectivity index (χ4v) is 0.724. The Hall–Kier alpha value is -1.47. The second kappa shape index (κ2) is 7.78. The van der Waals surface area contributed by atoms with Crippen LogP contribution in [0.25, 0.3) is 0 Å². The summed E-state index contributed by atoms with van der Waals surface area (Å²) in [5.74, 6) is 0. The van der Waals surface area contributed by atoms with Crippen LogP contribution in [-0.2, 0) is 11.3 Å². The first-order valence-electron chi connectivity index (χ1n) is 4.53. The van der Waals surface area contributed by atoms with E-state index in [9.17, 15) is 17.3 Å². The van der Waals surface area contributed by atoms with Gasteiger partial charge in [0.15, 0.2) is 0 Å². The molecule has 0 bridgehead atoms. The number of hydrogen-bond donors (Lipinski definition) is 0. The highest BCUT2D eigenvalue weighted by atomic mass is 19.5. The monoisotopic (exact) mass is 239 g/mol. The molecule has 1 aromatic rings. The fourth-order valence-electron chi connectivity index (χ4n) is 0.724. The van der Waals surface area contributed by atoms with Gasteiger partial charge in [-0.25, -0.2) is 4.98 Å². The Kier molecular flexibility index (Phi) is 7.07. The van der Waals surface area contributed by atoms with Gasteiger partial charge in [0.1, 0.15) is 0 Å². The maximum Gasteiger partial charge on any atom is 0.673 e. The number of allylic oxidation sites excluding steroid dienone is 1. The summed E-state index contributed by atoms with van der Waals surface area (Å²) in [5.41, 5.74) is 0. The molecule has 1 heterocycles. The molecule has 0 aliphatic heterocycles. The smallest absolute Gasteiger partial charge is 0.502 e. The van der Waals surface area contributed by atoms with Crippen LogP contribution in [0.15, 0.2) is 31.1 Å². The van der Waals surface area contributed by atoms with Crippen molar-refractivity contribution in [3.8, 4) is 0 Å². The zero-order valence-electron chi connectivity index (χ0n) is 8.69. The van der Waals surface area contributed by atoms with Crippen LogP contribution in [0, 0.1) is 0 Å². The van der Waals surface area contributed by atoms with E-state index in [2.05, 4.69) is 4.98 Å². The van der Waals surface area contributed by atoms with E-state index in [1.54, 1.807) is 18.8 Å². The zero-order chi connectivity index (χ0) is 12.4. The molecule has 0 N–H and O–H groups in total. The van der Waals surface area contributed by atoms with Gasteiger partial charge in [-0.3, -0.25) is 0 Å². The highest BCUT2D eigenvalue weighted by Crippen LogP contribution is 2.06. The van der Waals surface area contributed by atoms with Crippen LogP contribution in [0.1, 0.15) is 6.92 Å². The molecule has 0 atom stereocenters. The second-order valence-electron chi connectivity index (χ2n) is 2.58. The summed E-state index contributed by atoms with van der Waals surface area (Å²) in [7, 11) is -6.00. The largest absolute Gasteiger partial charge is 0.673 e. The summed E-state index contributed by atoms with van der Waals surface area (Å²) in [6.07, 6.45) is 9.10. The molecule has 0 aliphatic carbocycles. The van der Waals surface area contributed by atoms with Crippen molar-refractivity contribution in [1.29, 1.82) is 0 Å². The van der Waals surface area contributed by atoms with Gasteiger partial charge < -0.3 is 26.6 Å². The Bertz CT molecular complexity index is 281. The number of imidazole rings is 1. The minimum absolute atomic E-state index is 0.723. The predicted octanol–water partition coefficient (Wildman–Crippen LogP) is 2.73. The average molecular weight is 239 g/mol. The first kappa shape index (κ1) is 14.5. The summed E-state index contributed by atoms with van der Waals surface area (Å²) in [5, 5.41) is 0. The highest BCUT2D eigenvalue weighted by Gasteiger charge is 2.20. The zero-order valence-corrected chi connectivity index (χ0v) is 8.69. The molecule has 0 aliphatic rings. The number of nitrogens with zero attached hydrogens (tertiary/aromatic N) is 2. The highest BCUT2D eigenvalue weighted by molar-refractivity contribution is 6.50. The molecule has 1 rings (SSSR count). The van der Waals surface area contributed by atoms with E-state index in [-0.39, 0.29) is 0 Å². The Labute approximate surface area is 90.8 Å². The van der Waals surface area contributed by atoms with Gasteiger partial charge in [0.05, 0.1) is 19.2 Å². The van der Waals surface area contributed by atoms with Crippen molar-refractivity contribution in [2.24, 2.45) is 0 Å². The van der Waals surface area contributed by atoms with Gasteiger partial charge in [0.25, 0.3) is 0 Å². The lowest BCUT2D eigenvalue weighted by molar-refractivity contribution is 0.268. The van der Waals surface area contributed by atoms with Crippen molar-refractivity contribution in [2.45, 2.75) is 13.5 Å². The summed E-state index contributed by atoms with van der Waals surface area (Å²) < 4.78 is 46.0. The van der Waals surface area contributed by atoms with Gasteiger partial charge >= 0.3 is 7.25 Å². The number of halogens is 4. The second-order valence-corrected chi connectivity index (χ2v) is 2.58. The maximum atomic E-state index is 9.75. The third-order valence-electron chi connectivity index (χ3n) is 1.23. The lowest BCUT2D eigenvalue weighted by Crippen LogP contribution is -2.02. The minimum Gasteiger partial charge on any atom is -0.502 e. The molecule has 0 radical (unpaired) electrons. The van der Waals surface area contributed by atoms with Gasteiger partial charge in [0.2, 0.25) is 0 Å².